The van der Waals surface area contributed by atoms with E-state index in [1.165, 1.54) is 0 Å². The Bertz CT molecular complexity index is 64.0. The first-order valence-electron chi connectivity index (χ1n) is 1.47. The molecule has 0 fully saturated rings. The summed E-state index contributed by atoms with van der Waals surface area (Å²) in [4.78, 5) is 0. The van der Waals surface area contributed by atoms with Gasteiger partial charge in [-0.15, -0.1) is 0 Å². The molecule has 0 aliphatic heterocycles. The predicted molar refractivity (Wildman–Crippen MR) is 19.8 cm³/mol. The SMILES string of the molecule is [H].c1ccoc1. The Kier molecular flexibility index (Phi) is 0.468. The van der Waals surface area contributed by atoms with E-state index < -0.39 is 0 Å². The van der Waals surface area contributed by atoms with Crippen molar-refractivity contribution in [3.63, 3.8) is 0 Å². The van der Waals surface area contributed by atoms with Gasteiger partial charge in [0.05, 0.1) is 12.5 Å². The van der Waals surface area contributed by atoms with Crippen LogP contribution in [-0.2, 0) is 0 Å². The highest BCUT2D eigenvalue weighted by molar-refractivity contribution is 4.79. The minimum atomic E-state index is 0. The van der Waals surface area contributed by atoms with Crippen LogP contribution in [0.2, 0.25) is 0 Å². The second-order valence-corrected chi connectivity index (χ2v) is 0.793. The topological polar surface area (TPSA) is 13.1 Å². The lowest BCUT2D eigenvalue weighted by Gasteiger charge is -1.50. The van der Waals surface area contributed by atoms with E-state index in [2.05, 4.69) is 4.42 Å². The summed E-state index contributed by atoms with van der Waals surface area (Å²) in [5, 5.41) is 0. The van der Waals surface area contributed by atoms with Crippen LogP contribution >= 0.6 is 0 Å². The molecule has 27 valence electrons. The van der Waals surface area contributed by atoms with Gasteiger partial charge in [-0.05, 0) is 12.1 Å². The molecule has 0 saturated carbocycles. The quantitative estimate of drug-likeness (QED) is 0.448. The fourth-order valence-corrected chi connectivity index (χ4v) is 0.227. The first-order chi connectivity index (χ1) is 2.50. The van der Waals surface area contributed by atoms with E-state index in [1.54, 1.807) is 12.5 Å². The average Bonchev–Trinajstić information content (AvgIpc) is 1.76. The summed E-state index contributed by atoms with van der Waals surface area (Å²) in [6, 6.07) is 3.67. The molecule has 0 spiro atoms. The smallest absolute Gasteiger partial charge is 0.0902 e. The second kappa shape index (κ2) is 0.931. The van der Waals surface area contributed by atoms with E-state index in [9.17, 15) is 0 Å². The standard InChI is InChI=1S/C4H4O.H/c1-2-4-5-3-1;/h1-4H;. The molecule has 5 heavy (non-hydrogen) atoms. The van der Waals surface area contributed by atoms with Gasteiger partial charge in [-0.2, -0.15) is 0 Å². The summed E-state index contributed by atoms with van der Waals surface area (Å²) < 4.78 is 4.58. The average molecular weight is 69.1 g/mol. The molecule has 0 amide bonds. The summed E-state index contributed by atoms with van der Waals surface area (Å²) in [5.74, 6) is 0. The molecule has 0 N–H and O–H groups in total. The summed E-state index contributed by atoms with van der Waals surface area (Å²) in [6.07, 6.45) is 3.25. The maximum Gasteiger partial charge on any atom is 0.0902 e. The highest BCUT2D eigenvalue weighted by Gasteiger charge is 1.58. The summed E-state index contributed by atoms with van der Waals surface area (Å²) in [7, 11) is 0. The van der Waals surface area contributed by atoms with Crippen LogP contribution in [0.4, 0.5) is 0 Å². The Labute approximate surface area is 31.7 Å². The molecule has 0 aromatic carbocycles. The highest BCUT2D eigenvalue weighted by Crippen LogP contribution is 1.79. The lowest BCUT2D eigenvalue weighted by Crippen LogP contribution is -1.16. The molecule has 0 unspecified atom stereocenters. The zero-order chi connectivity index (χ0) is 3.54. The van der Waals surface area contributed by atoms with E-state index in [1.807, 2.05) is 12.1 Å². The van der Waals surface area contributed by atoms with Crippen molar-refractivity contribution in [1.82, 2.24) is 0 Å². The van der Waals surface area contributed by atoms with Gasteiger partial charge in [0.25, 0.3) is 0 Å². The van der Waals surface area contributed by atoms with Crippen LogP contribution in [0.25, 0.3) is 0 Å². The third-order valence-corrected chi connectivity index (χ3v) is 0.425. The van der Waals surface area contributed by atoms with Gasteiger partial charge in [-0.25, -0.2) is 0 Å². The molecule has 1 aromatic rings. The molecular formula is C4H5O. The van der Waals surface area contributed by atoms with Crippen molar-refractivity contribution in [3.8, 4) is 0 Å². The predicted octanol–water partition coefficient (Wildman–Crippen LogP) is 1.39. The van der Waals surface area contributed by atoms with Crippen LogP contribution in [0.5, 0.6) is 0 Å². The molecule has 0 aliphatic carbocycles. The van der Waals surface area contributed by atoms with Gasteiger partial charge in [-0.3, -0.25) is 0 Å². The number of hydrogen-bond donors (Lipinski definition) is 0. The van der Waals surface area contributed by atoms with E-state index in [4.69, 9.17) is 0 Å². The Balaban J connectivity index is 0.000000250. The minimum absolute atomic E-state index is 0. The fourth-order valence-electron chi connectivity index (χ4n) is 0.227. The van der Waals surface area contributed by atoms with Gasteiger partial charge >= 0.3 is 0 Å². The van der Waals surface area contributed by atoms with Crippen molar-refractivity contribution in [2.45, 2.75) is 0 Å². The summed E-state index contributed by atoms with van der Waals surface area (Å²) >= 11 is 0. The summed E-state index contributed by atoms with van der Waals surface area (Å²) in [6.45, 7) is 0. The van der Waals surface area contributed by atoms with Crippen LogP contribution in [0, 0.1) is 0 Å². The van der Waals surface area contributed by atoms with Crippen LogP contribution in [0.15, 0.2) is 29.1 Å². The van der Waals surface area contributed by atoms with E-state index in [-0.39, 0.29) is 1.43 Å². The van der Waals surface area contributed by atoms with Crippen molar-refractivity contribution in [1.29, 1.82) is 0 Å². The molecule has 1 rings (SSSR count). The monoisotopic (exact) mass is 69.0 g/mol. The van der Waals surface area contributed by atoms with Crippen LogP contribution in [-0.4, -0.2) is 0 Å². The van der Waals surface area contributed by atoms with Gasteiger partial charge in [0.15, 0.2) is 0 Å². The fraction of sp³-hybridized carbons (Fsp3) is 0. The van der Waals surface area contributed by atoms with Crippen molar-refractivity contribution < 1.29 is 5.84 Å². The number of furan rings is 1. The van der Waals surface area contributed by atoms with E-state index in [0.29, 0.717) is 0 Å². The van der Waals surface area contributed by atoms with Gasteiger partial charge in [-0.1, -0.05) is 0 Å². The van der Waals surface area contributed by atoms with Crippen LogP contribution < -0.4 is 0 Å². The third kappa shape index (κ3) is 0.293. The largest absolute Gasteiger partial charge is 0.473 e. The zero-order valence-corrected chi connectivity index (χ0v) is 2.72. The van der Waals surface area contributed by atoms with Crippen molar-refractivity contribution in [2.24, 2.45) is 0 Å². The Morgan fingerprint density at radius 1 is 1.20 bits per heavy atom. The van der Waals surface area contributed by atoms with Crippen LogP contribution in [0.1, 0.15) is 1.43 Å². The molecule has 1 aromatic heterocycles. The molecule has 0 bridgehead atoms. The molecule has 0 aliphatic rings. The third-order valence-electron chi connectivity index (χ3n) is 0.425. The van der Waals surface area contributed by atoms with Gasteiger partial charge in [0, 0.05) is 1.43 Å². The normalized spacial score (nSPS) is 8.00. The Morgan fingerprint density at radius 2 is 1.80 bits per heavy atom. The lowest BCUT2D eigenvalue weighted by atomic mass is 10.7. The highest BCUT2D eigenvalue weighted by atomic mass is 16.3. The molecule has 1 heterocycles. The zero-order valence-electron chi connectivity index (χ0n) is 3.72. The second-order valence-electron chi connectivity index (χ2n) is 0.793. The van der Waals surface area contributed by atoms with Gasteiger partial charge in [0.1, 0.15) is 0 Å². The molecule has 1 radical (unpaired) electrons. The van der Waals surface area contributed by atoms with E-state index in [0.717, 1.165) is 0 Å². The van der Waals surface area contributed by atoms with Gasteiger partial charge < -0.3 is 4.42 Å². The van der Waals surface area contributed by atoms with Gasteiger partial charge in [0.2, 0.25) is 0 Å². The summed E-state index contributed by atoms with van der Waals surface area (Å²) in [5.41, 5.74) is 0. The maximum atomic E-state index is 4.58. The molecule has 1 heteroatoms. The van der Waals surface area contributed by atoms with E-state index >= 15 is 0 Å². The maximum absolute atomic E-state index is 4.58. The van der Waals surface area contributed by atoms with Crippen molar-refractivity contribution in [2.75, 3.05) is 0 Å². The molecule has 0 saturated heterocycles. The van der Waals surface area contributed by atoms with Crippen LogP contribution in [0.3, 0.4) is 0 Å². The first-order valence-corrected chi connectivity index (χ1v) is 1.47. The molecule has 1 nitrogen and oxygen atoms in total. The molecule has 0 atom stereocenters. The Morgan fingerprint density at radius 3 is 2.00 bits per heavy atom. The lowest BCUT2D eigenvalue weighted by molar-refractivity contribution is 0.567. The number of rotatable bonds is 0. The molecular weight excluding hydrogens is 64.0 g/mol. The van der Waals surface area contributed by atoms with Crippen molar-refractivity contribution >= 4 is 0 Å². The minimum Gasteiger partial charge on any atom is -0.473 e. The van der Waals surface area contributed by atoms with Crippen molar-refractivity contribution in [3.05, 3.63) is 24.7 Å². The Hall–Kier alpha value is -0.720. The first kappa shape index (κ1) is 2.51. The number of hydrogen-bond acceptors (Lipinski definition) is 1.